The van der Waals surface area contributed by atoms with Crippen molar-refractivity contribution in [2.24, 2.45) is 0 Å². The Morgan fingerprint density at radius 1 is 0.839 bits per heavy atom. The van der Waals surface area contributed by atoms with E-state index in [0.29, 0.717) is 19.4 Å². The highest BCUT2D eigenvalue weighted by molar-refractivity contribution is 5.77. The number of hydrogen-bond donors (Lipinski definition) is 0. The average Bonchev–Trinajstić information content (AvgIpc) is 3.29. The number of carbonyl (C=O) groups is 1. The van der Waals surface area contributed by atoms with Gasteiger partial charge in [-0.3, -0.25) is 4.79 Å². The van der Waals surface area contributed by atoms with E-state index in [2.05, 4.69) is 43.3 Å². The Labute approximate surface area is 184 Å². The zero-order valence-corrected chi connectivity index (χ0v) is 18.0. The number of ether oxygens (including phenoxy) is 2. The molecule has 3 aromatic carbocycles. The standard InChI is InChI=1S/C27H29NO3/c1-21(12-13-22-8-4-2-5-9-22)28(19-24-10-6-3-7-11-24)27(29)17-15-23-14-16-25-26(18-23)31-20-30-25/h2-11,14,16,18,21H,12-13,15,17,19-20H2,1H3/t21-/m0/s1. The molecule has 0 N–H and O–H groups in total. The van der Waals surface area contributed by atoms with Crippen molar-refractivity contribution in [2.75, 3.05) is 6.79 Å². The van der Waals surface area contributed by atoms with Crippen LogP contribution in [-0.4, -0.2) is 23.6 Å². The third kappa shape index (κ3) is 5.66. The number of fused-ring (bicyclic) bond motifs is 1. The number of hydrogen-bond acceptors (Lipinski definition) is 3. The van der Waals surface area contributed by atoms with Gasteiger partial charge in [-0.1, -0.05) is 66.7 Å². The molecule has 0 spiro atoms. The van der Waals surface area contributed by atoms with Gasteiger partial charge in [0.05, 0.1) is 0 Å². The molecule has 0 bridgehead atoms. The van der Waals surface area contributed by atoms with Gasteiger partial charge in [-0.15, -0.1) is 0 Å². The molecule has 0 aromatic heterocycles. The molecule has 1 heterocycles. The fourth-order valence-electron chi connectivity index (χ4n) is 3.94. The Balaban J connectivity index is 1.41. The van der Waals surface area contributed by atoms with Gasteiger partial charge in [-0.25, -0.2) is 0 Å². The summed E-state index contributed by atoms with van der Waals surface area (Å²) < 4.78 is 10.8. The zero-order chi connectivity index (χ0) is 21.5. The summed E-state index contributed by atoms with van der Waals surface area (Å²) in [6.45, 7) is 3.06. The lowest BCUT2D eigenvalue weighted by atomic mass is 10.0. The number of nitrogens with zero attached hydrogens (tertiary/aromatic N) is 1. The first-order valence-electron chi connectivity index (χ1n) is 10.9. The minimum absolute atomic E-state index is 0.157. The maximum absolute atomic E-state index is 13.3. The van der Waals surface area contributed by atoms with E-state index in [1.807, 2.05) is 47.4 Å². The first kappa shape index (κ1) is 21.0. The molecule has 31 heavy (non-hydrogen) atoms. The SMILES string of the molecule is C[C@@H](CCc1ccccc1)N(Cc1ccccc1)C(=O)CCc1ccc2c(c1)OCO2. The Kier molecular flexibility index (Phi) is 6.88. The molecule has 0 aliphatic carbocycles. The van der Waals surface area contributed by atoms with Crippen LogP contribution < -0.4 is 9.47 Å². The maximum Gasteiger partial charge on any atom is 0.231 e. The molecule has 0 saturated carbocycles. The van der Waals surface area contributed by atoms with E-state index in [9.17, 15) is 4.79 Å². The van der Waals surface area contributed by atoms with Gasteiger partial charge >= 0.3 is 0 Å². The van der Waals surface area contributed by atoms with Crippen LogP contribution in [0.25, 0.3) is 0 Å². The predicted molar refractivity (Wildman–Crippen MR) is 122 cm³/mol. The summed E-state index contributed by atoms with van der Waals surface area (Å²) >= 11 is 0. The predicted octanol–water partition coefficient (Wildman–Crippen LogP) is 5.40. The van der Waals surface area contributed by atoms with Crippen molar-refractivity contribution < 1.29 is 14.3 Å². The fraction of sp³-hybridized carbons (Fsp3) is 0.296. The van der Waals surface area contributed by atoms with Gasteiger partial charge in [-0.05, 0) is 55.0 Å². The quantitative estimate of drug-likeness (QED) is 0.470. The zero-order valence-electron chi connectivity index (χ0n) is 18.0. The number of benzene rings is 3. The molecule has 4 heteroatoms. The Hall–Kier alpha value is -3.27. The second-order valence-corrected chi connectivity index (χ2v) is 8.07. The van der Waals surface area contributed by atoms with E-state index >= 15 is 0 Å². The summed E-state index contributed by atoms with van der Waals surface area (Å²) in [5.74, 6) is 1.72. The molecule has 1 amide bonds. The number of rotatable bonds is 9. The molecular formula is C27H29NO3. The summed E-state index contributed by atoms with van der Waals surface area (Å²) in [7, 11) is 0. The first-order chi connectivity index (χ1) is 15.2. The normalized spacial score (nSPS) is 13.1. The van der Waals surface area contributed by atoms with Crippen LogP contribution >= 0.6 is 0 Å². The smallest absolute Gasteiger partial charge is 0.231 e. The minimum atomic E-state index is 0.157. The highest BCUT2D eigenvalue weighted by Crippen LogP contribution is 2.32. The first-order valence-corrected chi connectivity index (χ1v) is 10.9. The van der Waals surface area contributed by atoms with Crippen LogP contribution in [0.3, 0.4) is 0 Å². The third-order valence-electron chi connectivity index (χ3n) is 5.81. The van der Waals surface area contributed by atoms with E-state index in [1.54, 1.807) is 0 Å². The van der Waals surface area contributed by atoms with Gasteiger partial charge in [0.2, 0.25) is 12.7 Å². The van der Waals surface area contributed by atoms with Crippen molar-refractivity contribution in [1.29, 1.82) is 0 Å². The van der Waals surface area contributed by atoms with Crippen molar-refractivity contribution in [1.82, 2.24) is 4.90 Å². The Bertz CT molecular complexity index is 988. The molecule has 0 unspecified atom stereocenters. The molecule has 4 nitrogen and oxygen atoms in total. The van der Waals surface area contributed by atoms with E-state index in [-0.39, 0.29) is 18.7 Å². The van der Waals surface area contributed by atoms with Gasteiger partial charge < -0.3 is 14.4 Å². The maximum atomic E-state index is 13.3. The highest BCUT2D eigenvalue weighted by Gasteiger charge is 2.21. The molecule has 3 aromatic rings. The molecule has 160 valence electrons. The summed E-state index contributed by atoms with van der Waals surface area (Å²) in [5.41, 5.74) is 3.56. The third-order valence-corrected chi connectivity index (χ3v) is 5.81. The van der Waals surface area contributed by atoms with Crippen LogP contribution in [0.5, 0.6) is 11.5 Å². The van der Waals surface area contributed by atoms with Gasteiger partial charge in [0.15, 0.2) is 11.5 Å². The van der Waals surface area contributed by atoms with Gasteiger partial charge in [0.1, 0.15) is 0 Å². The summed E-state index contributed by atoms with van der Waals surface area (Å²) in [4.78, 5) is 15.3. The molecule has 0 fully saturated rings. The molecule has 0 radical (unpaired) electrons. The van der Waals surface area contributed by atoms with Crippen LogP contribution in [0.15, 0.2) is 78.9 Å². The monoisotopic (exact) mass is 415 g/mol. The fourth-order valence-corrected chi connectivity index (χ4v) is 3.94. The van der Waals surface area contributed by atoms with Gasteiger partial charge in [-0.2, -0.15) is 0 Å². The van der Waals surface area contributed by atoms with Crippen LogP contribution in [0.2, 0.25) is 0 Å². The number of amides is 1. The Morgan fingerprint density at radius 3 is 2.26 bits per heavy atom. The van der Waals surface area contributed by atoms with Crippen molar-refractivity contribution in [3.8, 4) is 11.5 Å². The van der Waals surface area contributed by atoms with E-state index in [4.69, 9.17) is 9.47 Å². The molecule has 1 aliphatic heterocycles. The molecule has 1 atom stereocenters. The summed E-state index contributed by atoms with van der Waals surface area (Å²) in [6, 6.07) is 26.8. The van der Waals surface area contributed by atoms with E-state index < -0.39 is 0 Å². The summed E-state index contributed by atoms with van der Waals surface area (Å²) in [5, 5.41) is 0. The second-order valence-electron chi connectivity index (χ2n) is 8.07. The van der Waals surface area contributed by atoms with Crippen LogP contribution in [0, 0.1) is 0 Å². The number of aryl methyl sites for hydroxylation is 2. The van der Waals surface area contributed by atoms with Gasteiger partial charge in [0, 0.05) is 19.0 Å². The largest absolute Gasteiger partial charge is 0.454 e. The summed E-state index contributed by atoms with van der Waals surface area (Å²) in [6.07, 6.45) is 3.06. The topological polar surface area (TPSA) is 38.8 Å². The van der Waals surface area contributed by atoms with Gasteiger partial charge in [0.25, 0.3) is 0 Å². The highest BCUT2D eigenvalue weighted by atomic mass is 16.7. The lowest BCUT2D eigenvalue weighted by molar-refractivity contribution is -0.134. The molecule has 0 saturated heterocycles. The van der Waals surface area contributed by atoms with Crippen molar-refractivity contribution in [3.63, 3.8) is 0 Å². The van der Waals surface area contributed by atoms with Crippen molar-refractivity contribution in [2.45, 2.75) is 45.2 Å². The molecule has 1 aliphatic rings. The van der Waals surface area contributed by atoms with Crippen LogP contribution in [0.1, 0.15) is 36.5 Å². The van der Waals surface area contributed by atoms with E-state index in [1.165, 1.54) is 5.56 Å². The lowest BCUT2D eigenvalue weighted by Crippen LogP contribution is -2.38. The molecule has 4 rings (SSSR count). The minimum Gasteiger partial charge on any atom is -0.454 e. The number of carbonyl (C=O) groups excluding carboxylic acids is 1. The van der Waals surface area contributed by atoms with Crippen molar-refractivity contribution in [3.05, 3.63) is 95.6 Å². The van der Waals surface area contributed by atoms with Crippen molar-refractivity contribution >= 4 is 5.91 Å². The van der Waals surface area contributed by atoms with E-state index in [0.717, 1.165) is 35.5 Å². The lowest BCUT2D eigenvalue weighted by Gasteiger charge is -2.30. The van der Waals surface area contributed by atoms with Crippen LogP contribution in [0.4, 0.5) is 0 Å². The molecular weight excluding hydrogens is 386 g/mol. The average molecular weight is 416 g/mol. The second kappa shape index (κ2) is 10.2. The van der Waals surface area contributed by atoms with Crippen LogP contribution in [-0.2, 0) is 24.2 Å². The Morgan fingerprint density at radius 2 is 1.52 bits per heavy atom.